The molecule has 1 aromatic carbocycles. The molecule has 8 heteroatoms. The first-order chi connectivity index (χ1) is 13.2. The second kappa shape index (κ2) is 7.71. The minimum atomic E-state index is -0.700. The molecule has 150 valence electrons. The quantitative estimate of drug-likeness (QED) is 0.563. The third-order valence-corrected chi connectivity index (χ3v) is 4.44. The summed E-state index contributed by atoms with van der Waals surface area (Å²) in [4.78, 5) is 53.7. The first-order valence-corrected chi connectivity index (χ1v) is 9.19. The Balaban J connectivity index is 1.50. The van der Waals surface area contributed by atoms with Crippen molar-refractivity contribution in [1.29, 1.82) is 0 Å². The summed E-state index contributed by atoms with van der Waals surface area (Å²) in [5.41, 5.74) is -0.136. The van der Waals surface area contributed by atoms with Crippen LogP contribution >= 0.6 is 0 Å². The number of hydrogen-bond donors (Lipinski definition) is 0. The largest absolute Gasteiger partial charge is 0.460 e. The lowest BCUT2D eigenvalue weighted by atomic mass is 10.0. The van der Waals surface area contributed by atoms with Gasteiger partial charge < -0.3 is 14.3 Å². The fourth-order valence-electron chi connectivity index (χ4n) is 3.16. The van der Waals surface area contributed by atoms with Crippen LogP contribution in [0.5, 0.6) is 0 Å². The van der Waals surface area contributed by atoms with Gasteiger partial charge in [-0.2, -0.15) is 0 Å². The molecular weight excluding hydrogens is 366 g/mol. The summed E-state index contributed by atoms with van der Waals surface area (Å²) in [6.45, 7) is 5.49. The summed E-state index contributed by atoms with van der Waals surface area (Å²) in [5, 5.41) is 0.501. The molecule has 0 saturated carbocycles. The fraction of sp³-hybridized carbons (Fsp3) is 0.500. The number of hydrogen-bond acceptors (Lipinski definition) is 7. The molecule has 2 amide bonds. The molecule has 2 heterocycles. The molecular formula is C20H23NO7. The van der Waals surface area contributed by atoms with Crippen molar-refractivity contribution in [3.05, 3.63) is 35.4 Å². The Kier molecular flexibility index (Phi) is 5.51. The average molecular weight is 389 g/mol. The molecule has 0 aromatic heterocycles. The molecule has 28 heavy (non-hydrogen) atoms. The minimum Gasteiger partial charge on any atom is -0.460 e. The maximum atomic E-state index is 12.4. The number of ether oxygens (including phenoxy) is 2. The van der Waals surface area contributed by atoms with Crippen molar-refractivity contribution in [1.82, 2.24) is 5.06 Å². The Morgan fingerprint density at radius 2 is 1.75 bits per heavy atom. The number of carbonyl (C=O) groups excluding carboxylic acids is 4. The second-order valence-corrected chi connectivity index (χ2v) is 7.87. The number of fused-ring (bicyclic) bond motifs is 1. The van der Waals surface area contributed by atoms with Crippen molar-refractivity contribution in [2.45, 2.75) is 51.7 Å². The van der Waals surface area contributed by atoms with Crippen LogP contribution in [-0.4, -0.2) is 47.1 Å². The number of carbonyl (C=O) groups is 4. The van der Waals surface area contributed by atoms with Gasteiger partial charge in [-0.1, -0.05) is 17.2 Å². The Hall–Kier alpha value is -2.74. The first kappa shape index (κ1) is 20.0. The maximum absolute atomic E-state index is 12.4. The monoisotopic (exact) mass is 389 g/mol. The van der Waals surface area contributed by atoms with Crippen molar-refractivity contribution in [3.8, 4) is 0 Å². The zero-order valence-electron chi connectivity index (χ0n) is 16.1. The lowest BCUT2D eigenvalue weighted by Crippen LogP contribution is -2.35. The lowest BCUT2D eigenvalue weighted by molar-refractivity contribution is -0.173. The summed E-state index contributed by atoms with van der Waals surface area (Å²) in [5.74, 6) is -2.95. The Morgan fingerprint density at radius 3 is 2.32 bits per heavy atom. The van der Waals surface area contributed by atoms with Crippen LogP contribution in [-0.2, 0) is 23.9 Å². The van der Waals surface area contributed by atoms with Crippen LogP contribution in [0.3, 0.4) is 0 Å². The Morgan fingerprint density at radius 1 is 1.14 bits per heavy atom. The summed E-state index contributed by atoms with van der Waals surface area (Å²) >= 11 is 0. The zero-order chi connectivity index (χ0) is 20.5. The maximum Gasteiger partial charge on any atom is 0.338 e. The number of amides is 2. The van der Waals surface area contributed by atoms with Gasteiger partial charge in [0.25, 0.3) is 11.8 Å². The number of esters is 1. The number of nitrogens with zero attached hydrogens (tertiary/aromatic N) is 1. The third-order valence-electron chi connectivity index (χ3n) is 4.44. The van der Waals surface area contributed by atoms with E-state index in [9.17, 15) is 19.2 Å². The van der Waals surface area contributed by atoms with Crippen molar-refractivity contribution in [2.75, 3.05) is 6.61 Å². The van der Waals surface area contributed by atoms with Crippen LogP contribution in [0.25, 0.3) is 0 Å². The third kappa shape index (κ3) is 4.39. The smallest absolute Gasteiger partial charge is 0.338 e. The van der Waals surface area contributed by atoms with Crippen LogP contribution in [0.1, 0.15) is 60.7 Å². The van der Waals surface area contributed by atoms with Crippen molar-refractivity contribution >= 4 is 23.8 Å². The van der Waals surface area contributed by atoms with E-state index in [1.54, 1.807) is 32.9 Å². The van der Waals surface area contributed by atoms with Gasteiger partial charge >= 0.3 is 11.9 Å². The van der Waals surface area contributed by atoms with Gasteiger partial charge in [-0.05, 0) is 45.7 Å². The van der Waals surface area contributed by atoms with Crippen LogP contribution in [0, 0.1) is 5.92 Å². The fourth-order valence-corrected chi connectivity index (χ4v) is 3.16. The van der Waals surface area contributed by atoms with Gasteiger partial charge in [-0.25, -0.2) is 4.79 Å². The molecule has 2 aliphatic rings. The van der Waals surface area contributed by atoms with Crippen LogP contribution in [0.4, 0.5) is 0 Å². The molecule has 2 atom stereocenters. The van der Waals surface area contributed by atoms with E-state index in [0.717, 1.165) is 0 Å². The van der Waals surface area contributed by atoms with Gasteiger partial charge in [-0.3, -0.25) is 14.4 Å². The molecule has 0 bridgehead atoms. The van der Waals surface area contributed by atoms with Gasteiger partial charge in [0.15, 0.2) is 0 Å². The van der Waals surface area contributed by atoms with Gasteiger partial charge in [0, 0.05) is 6.42 Å². The SMILES string of the molecule is CC(C)(C)OC(=O)CCC1CC(C(=O)ON2C(=O)c3ccccc3C2=O)CO1. The molecule has 1 aromatic rings. The number of imide groups is 1. The summed E-state index contributed by atoms with van der Waals surface area (Å²) in [7, 11) is 0. The van der Waals surface area contributed by atoms with E-state index >= 15 is 0 Å². The predicted octanol–water partition coefficient (Wildman–Crippen LogP) is 2.27. The molecule has 0 radical (unpaired) electrons. The number of benzene rings is 1. The predicted molar refractivity (Wildman–Crippen MR) is 96.0 cm³/mol. The highest BCUT2D eigenvalue weighted by Gasteiger charge is 2.41. The highest BCUT2D eigenvalue weighted by atomic mass is 16.7. The Bertz CT molecular complexity index is 776. The molecule has 2 aliphatic heterocycles. The lowest BCUT2D eigenvalue weighted by Gasteiger charge is -2.20. The van der Waals surface area contributed by atoms with Gasteiger partial charge in [0.1, 0.15) is 5.60 Å². The topological polar surface area (TPSA) is 99.2 Å². The molecule has 2 unspecified atom stereocenters. The van der Waals surface area contributed by atoms with Crippen molar-refractivity contribution in [3.63, 3.8) is 0 Å². The van der Waals surface area contributed by atoms with Crippen molar-refractivity contribution < 1.29 is 33.5 Å². The van der Waals surface area contributed by atoms with E-state index in [2.05, 4.69) is 0 Å². The minimum absolute atomic E-state index is 0.112. The molecule has 0 aliphatic carbocycles. The van der Waals surface area contributed by atoms with Crippen molar-refractivity contribution in [2.24, 2.45) is 5.92 Å². The molecule has 1 fully saturated rings. The summed E-state index contributed by atoms with van der Waals surface area (Å²) < 4.78 is 10.8. The Labute approximate surface area is 162 Å². The van der Waals surface area contributed by atoms with Gasteiger partial charge in [0.2, 0.25) is 0 Å². The molecule has 8 nitrogen and oxygen atoms in total. The van der Waals surface area contributed by atoms with E-state index < -0.39 is 29.3 Å². The highest BCUT2D eigenvalue weighted by Crippen LogP contribution is 2.27. The van der Waals surface area contributed by atoms with E-state index in [4.69, 9.17) is 14.3 Å². The second-order valence-electron chi connectivity index (χ2n) is 7.87. The summed E-state index contributed by atoms with van der Waals surface area (Å²) in [6.07, 6.45) is 0.672. The molecule has 0 N–H and O–H groups in total. The van der Waals surface area contributed by atoms with Crippen LogP contribution in [0.15, 0.2) is 24.3 Å². The highest BCUT2D eigenvalue weighted by molar-refractivity contribution is 6.20. The van der Waals surface area contributed by atoms with E-state index in [-0.39, 0.29) is 36.2 Å². The zero-order valence-corrected chi connectivity index (χ0v) is 16.1. The summed E-state index contributed by atoms with van der Waals surface area (Å²) in [6, 6.07) is 6.29. The van der Waals surface area contributed by atoms with Crippen LogP contribution in [0.2, 0.25) is 0 Å². The normalized spacial score (nSPS) is 21.6. The van der Waals surface area contributed by atoms with E-state index in [0.29, 0.717) is 17.9 Å². The van der Waals surface area contributed by atoms with E-state index in [1.165, 1.54) is 12.1 Å². The van der Waals surface area contributed by atoms with Gasteiger partial charge in [0.05, 0.1) is 29.8 Å². The van der Waals surface area contributed by atoms with Gasteiger partial charge in [-0.15, -0.1) is 0 Å². The molecule has 1 saturated heterocycles. The first-order valence-electron chi connectivity index (χ1n) is 9.19. The van der Waals surface area contributed by atoms with Crippen LogP contribution < -0.4 is 0 Å². The number of hydroxylamine groups is 2. The molecule has 0 spiro atoms. The molecule has 3 rings (SSSR count). The standard InChI is InChI=1S/C20H23NO7/c1-20(2,3)27-16(22)9-8-13-10-12(11-26-13)19(25)28-21-17(23)14-6-4-5-7-15(14)18(21)24/h4-7,12-13H,8-11H2,1-3H3. The average Bonchev–Trinajstić information content (AvgIpc) is 3.18. The number of rotatable bonds is 5. The van der Waals surface area contributed by atoms with E-state index in [1.807, 2.05) is 0 Å².